The van der Waals surface area contributed by atoms with Crippen molar-refractivity contribution in [3.63, 3.8) is 0 Å². The molecule has 0 spiro atoms. The number of benzene rings is 2. The maximum Gasteiger partial charge on any atom is 0.261 e. The first kappa shape index (κ1) is 17.6. The van der Waals surface area contributed by atoms with Gasteiger partial charge in [-0.15, -0.1) is 0 Å². The van der Waals surface area contributed by atoms with Gasteiger partial charge in [-0.25, -0.2) is 0 Å². The molecule has 1 atom stereocenters. The molecule has 27 heavy (non-hydrogen) atoms. The third-order valence-electron chi connectivity index (χ3n) is 5.05. The number of carbonyl (C=O) groups is 1. The predicted octanol–water partition coefficient (Wildman–Crippen LogP) is 4.44. The number of aromatic nitrogens is 2. The first-order chi connectivity index (χ1) is 13.0. The highest BCUT2D eigenvalue weighted by molar-refractivity contribution is 6.31. The number of para-hydroxylation sites is 1. The summed E-state index contributed by atoms with van der Waals surface area (Å²) in [5.74, 6) is 0.282. The van der Waals surface area contributed by atoms with Crippen LogP contribution >= 0.6 is 11.6 Å². The first-order valence-electron chi connectivity index (χ1n) is 8.94. The van der Waals surface area contributed by atoms with Gasteiger partial charge >= 0.3 is 0 Å². The van der Waals surface area contributed by atoms with E-state index in [9.17, 15) is 9.90 Å². The lowest BCUT2D eigenvalue weighted by atomic mass is 9.91. The summed E-state index contributed by atoms with van der Waals surface area (Å²) in [5, 5.41) is 15.3. The monoisotopic (exact) mass is 381 g/mol. The van der Waals surface area contributed by atoms with Crippen LogP contribution in [-0.4, -0.2) is 27.3 Å². The molecular weight excluding hydrogens is 362 g/mol. The highest BCUT2D eigenvalue weighted by atomic mass is 35.5. The average molecular weight is 382 g/mol. The van der Waals surface area contributed by atoms with Crippen molar-refractivity contribution in [3.05, 3.63) is 76.6 Å². The maximum atomic E-state index is 13.1. The lowest BCUT2D eigenvalue weighted by Crippen LogP contribution is -2.36. The zero-order valence-electron chi connectivity index (χ0n) is 15.0. The van der Waals surface area contributed by atoms with Crippen LogP contribution in [0.15, 0.2) is 54.9 Å². The molecule has 4 rings (SSSR count). The van der Waals surface area contributed by atoms with Gasteiger partial charge in [0, 0.05) is 17.8 Å². The van der Waals surface area contributed by atoms with Crippen LogP contribution in [0.3, 0.4) is 0 Å². The van der Waals surface area contributed by atoms with Crippen LogP contribution in [-0.2, 0) is 6.54 Å². The van der Waals surface area contributed by atoms with Crippen molar-refractivity contribution < 1.29 is 9.90 Å². The molecule has 6 heteroatoms. The standard InChI is InChI=1S/C21H20ClN3O2/c1-14-9-10-25(20-17(14)6-4-8-19(20)26)21(27)16-11-23-24(13-16)12-15-5-2-3-7-18(15)22/h2-8,11,13-14,26H,9-10,12H2,1H3/t14-/m1/s1. The summed E-state index contributed by atoms with van der Waals surface area (Å²) in [6.45, 7) is 3.17. The Morgan fingerprint density at radius 1 is 1.26 bits per heavy atom. The largest absolute Gasteiger partial charge is 0.506 e. The molecule has 0 radical (unpaired) electrons. The molecule has 138 valence electrons. The van der Waals surface area contributed by atoms with Gasteiger partial charge in [0.1, 0.15) is 5.75 Å². The van der Waals surface area contributed by atoms with Gasteiger partial charge < -0.3 is 10.0 Å². The zero-order valence-corrected chi connectivity index (χ0v) is 15.7. The Balaban J connectivity index is 1.61. The van der Waals surface area contributed by atoms with Crippen molar-refractivity contribution in [2.24, 2.45) is 0 Å². The Bertz CT molecular complexity index is 999. The normalized spacial score (nSPS) is 16.2. The van der Waals surface area contributed by atoms with Crippen molar-refractivity contribution in [1.82, 2.24) is 9.78 Å². The van der Waals surface area contributed by atoms with E-state index >= 15 is 0 Å². The Morgan fingerprint density at radius 3 is 2.89 bits per heavy atom. The molecule has 2 aromatic carbocycles. The van der Waals surface area contributed by atoms with Gasteiger partial charge in [0.2, 0.25) is 0 Å². The Morgan fingerprint density at radius 2 is 2.07 bits per heavy atom. The highest BCUT2D eigenvalue weighted by Crippen LogP contribution is 2.41. The minimum Gasteiger partial charge on any atom is -0.506 e. The number of anilines is 1. The molecular formula is C21H20ClN3O2. The number of hydrogen-bond acceptors (Lipinski definition) is 3. The number of phenols is 1. The molecule has 2 heterocycles. The van der Waals surface area contributed by atoms with Crippen molar-refractivity contribution >= 4 is 23.2 Å². The van der Waals surface area contributed by atoms with Crippen LogP contribution in [0, 0.1) is 0 Å². The Kier molecular flexibility index (Phi) is 4.62. The first-order valence-corrected chi connectivity index (χ1v) is 9.32. The van der Waals surface area contributed by atoms with E-state index in [1.807, 2.05) is 36.4 Å². The van der Waals surface area contributed by atoms with Crippen molar-refractivity contribution in [3.8, 4) is 5.75 Å². The molecule has 0 aliphatic carbocycles. The minimum absolute atomic E-state index is 0.135. The van der Waals surface area contributed by atoms with E-state index in [2.05, 4.69) is 12.0 Å². The molecule has 0 saturated carbocycles. The molecule has 1 N–H and O–H groups in total. The van der Waals surface area contributed by atoms with Crippen LogP contribution in [0.5, 0.6) is 5.75 Å². The molecule has 0 unspecified atom stereocenters. The van der Waals surface area contributed by atoms with Gasteiger partial charge in [0.15, 0.2) is 0 Å². The Labute approximate surface area is 162 Å². The van der Waals surface area contributed by atoms with Gasteiger partial charge in [-0.05, 0) is 35.6 Å². The minimum atomic E-state index is -0.157. The van der Waals surface area contributed by atoms with Crippen LogP contribution < -0.4 is 4.90 Å². The second-order valence-corrected chi connectivity index (χ2v) is 7.29. The van der Waals surface area contributed by atoms with E-state index in [-0.39, 0.29) is 11.7 Å². The fourth-order valence-corrected chi connectivity index (χ4v) is 3.75. The summed E-state index contributed by atoms with van der Waals surface area (Å²) < 4.78 is 1.70. The van der Waals surface area contributed by atoms with Crippen molar-refractivity contribution in [2.75, 3.05) is 11.4 Å². The third kappa shape index (κ3) is 3.30. The van der Waals surface area contributed by atoms with E-state index < -0.39 is 0 Å². The fraction of sp³-hybridized carbons (Fsp3) is 0.238. The number of rotatable bonds is 3. The van der Waals surface area contributed by atoms with Crippen LogP contribution in [0.25, 0.3) is 0 Å². The Hall–Kier alpha value is -2.79. The molecule has 1 amide bonds. The van der Waals surface area contributed by atoms with Crippen LogP contribution in [0.2, 0.25) is 5.02 Å². The third-order valence-corrected chi connectivity index (χ3v) is 5.42. The number of amides is 1. The van der Waals surface area contributed by atoms with Gasteiger partial charge in [0.05, 0.1) is 24.0 Å². The molecule has 0 saturated heterocycles. The van der Waals surface area contributed by atoms with E-state index in [0.717, 1.165) is 17.5 Å². The van der Waals surface area contributed by atoms with Gasteiger partial charge in [-0.1, -0.05) is 48.9 Å². The summed E-state index contributed by atoms with van der Waals surface area (Å²) in [6, 6.07) is 13.0. The van der Waals surface area contributed by atoms with Crippen molar-refractivity contribution in [1.29, 1.82) is 0 Å². The summed E-state index contributed by atoms with van der Waals surface area (Å²) in [5.41, 5.74) is 3.04. The lowest BCUT2D eigenvalue weighted by molar-refractivity contribution is 0.0983. The summed E-state index contributed by atoms with van der Waals surface area (Å²) in [6.07, 6.45) is 4.15. The molecule has 1 aliphatic heterocycles. The van der Waals surface area contributed by atoms with E-state index in [1.165, 1.54) is 0 Å². The number of fused-ring (bicyclic) bond motifs is 1. The van der Waals surface area contributed by atoms with E-state index in [0.29, 0.717) is 35.3 Å². The predicted molar refractivity (Wildman–Crippen MR) is 106 cm³/mol. The topological polar surface area (TPSA) is 58.4 Å². The molecule has 0 fully saturated rings. The van der Waals surface area contributed by atoms with Crippen LogP contribution in [0.4, 0.5) is 5.69 Å². The summed E-state index contributed by atoms with van der Waals surface area (Å²) in [4.78, 5) is 14.7. The second kappa shape index (κ2) is 7.08. The number of aromatic hydroxyl groups is 1. The summed E-state index contributed by atoms with van der Waals surface area (Å²) >= 11 is 6.21. The maximum absolute atomic E-state index is 13.1. The number of carbonyl (C=O) groups excluding carboxylic acids is 1. The van der Waals surface area contributed by atoms with Crippen molar-refractivity contribution in [2.45, 2.75) is 25.8 Å². The lowest BCUT2D eigenvalue weighted by Gasteiger charge is -2.33. The van der Waals surface area contributed by atoms with Gasteiger partial charge in [0.25, 0.3) is 5.91 Å². The summed E-state index contributed by atoms with van der Waals surface area (Å²) in [7, 11) is 0. The fourth-order valence-electron chi connectivity index (χ4n) is 3.55. The van der Waals surface area contributed by atoms with Crippen LogP contribution in [0.1, 0.15) is 40.7 Å². The molecule has 0 bridgehead atoms. The number of halogens is 1. The van der Waals surface area contributed by atoms with E-state index in [1.54, 1.807) is 28.0 Å². The number of phenolic OH excluding ortho intramolecular Hbond substituents is 1. The zero-order chi connectivity index (χ0) is 19.0. The van der Waals surface area contributed by atoms with E-state index in [4.69, 9.17) is 11.6 Å². The molecule has 1 aromatic heterocycles. The number of hydrogen-bond donors (Lipinski definition) is 1. The molecule has 3 aromatic rings. The smallest absolute Gasteiger partial charge is 0.261 e. The highest BCUT2D eigenvalue weighted by Gasteiger charge is 2.30. The second-order valence-electron chi connectivity index (χ2n) is 6.88. The average Bonchev–Trinajstić information content (AvgIpc) is 3.13. The van der Waals surface area contributed by atoms with Gasteiger partial charge in [-0.2, -0.15) is 5.10 Å². The number of nitrogens with zero attached hydrogens (tertiary/aromatic N) is 3. The van der Waals surface area contributed by atoms with Gasteiger partial charge in [-0.3, -0.25) is 9.48 Å². The SMILES string of the molecule is C[C@@H]1CCN(C(=O)c2cnn(Cc3ccccc3Cl)c2)c2c(O)cccc21. The quantitative estimate of drug-likeness (QED) is 0.729. The molecule has 1 aliphatic rings. The molecule has 5 nitrogen and oxygen atoms in total.